The minimum atomic E-state index is 0.405. The standard InChI is InChI=1S/C18H34N2O/c1-18(2,3)16-8-4-5-9-17(16)19-11-15-12-20-10-6-7-14(20)13-21-15/h14-17,19H,4-13H2,1-3H3. The normalized spacial score (nSPS) is 38.4. The van der Waals surface area contributed by atoms with E-state index in [2.05, 4.69) is 31.0 Å². The second kappa shape index (κ2) is 6.55. The van der Waals surface area contributed by atoms with Gasteiger partial charge in [-0.25, -0.2) is 0 Å². The molecule has 3 aliphatic rings. The first kappa shape index (κ1) is 15.8. The van der Waals surface area contributed by atoms with E-state index >= 15 is 0 Å². The Bertz CT molecular complexity index is 339. The Morgan fingerprint density at radius 3 is 2.71 bits per heavy atom. The lowest BCUT2D eigenvalue weighted by Crippen LogP contribution is -2.52. The molecule has 3 nitrogen and oxygen atoms in total. The monoisotopic (exact) mass is 294 g/mol. The summed E-state index contributed by atoms with van der Waals surface area (Å²) in [6.07, 6.45) is 8.65. The summed E-state index contributed by atoms with van der Waals surface area (Å²) >= 11 is 0. The molecule has 0 spiro atoms. The predicted octanol–water partition coefficient (Wildman–Crippen LogP) is 3.04. The van der Waals surface area contributed by atoms with Gasteiger partial charge in [-0.2, -0.15) is 0 Å². The molecule has 1 saturated carbocycles. The van der Waals surface area contributed by atoms with E-state index in [0.717, 1.165) is 31.7 Å². The Balaban J connectivity index is 1.49. The first-order valence-corrected chi connectivity index (χ1v) is 9.13. The molecular weight excluding hydrogens is 260 g/mol. The zero-order valence-electron chi connectivity index (χ0n) is 14.2. The molecule has 3 fully saturated rings. The van der Waals surface area contributed by atoms with Crippen molar-refractivity contribution in [2.75, 3.05) is 26.2 Å². The van der Waals surface area contributed by atoms with E-state index in [4.69, 9.17) is 4.74 Å². The van der Waals surface area contributed by atoms with E-state index in [0.29, 0.717) is 17.6 Å². The predicted molar refractivity (Wildman–Crippen MR) is 87.5 cm³/mol. The third-order valence-corrected chi connectivity index (χ3v) is 5.95. The van der Waals surface area contributed by atoms with Crippen molar-refractivity contribution in [2.24, 2.45) is 11.3 Å². The van der Waals surface area contributed by atoms with Crippen molar-refractivity contribution in [3.63, 3.8) is 0 Å². The summed E-state index contributed by atoms with van der Waals surface area (Å²) in [6, 6.07) is 1.41. The number of hydrogen-bond donors (Lipinski definition) is 1. The van der Waals surface area contributed by atoms with Crippen LogP contribution in [0.1, 0.15) is 59.3 Å². The van der Waals surface area contributed by atoms with E-state index in [1.807, 2.05) is 0 Å². The van der Waals surface area contributed by atoms with Crippen LogP contribution in [0.25, 0.3) is 0 Å². The maximum absolute atomic E-state index is 6.10. The maximum atomic E-state index is 6.10. The summed E-state index contributed by atoms with van der Waals surface area (Å²) in [6.45, 7) is 11.7. The molecule has 21 heavy (non-hydrogen) atoms. The molecule has 0 bridgehead atoms. The van der Waals surface area contributed by atoms with Crippen LogP contribution in [0.4, 0.5) is 0 Å². The van der Waals surface area contributed by atoms with Crippen LogP contribution in [-0.4, -0.2) is 49.3 Å². The second-order valence-electron chi connectivity index (χ2n) is 8.52. The van der Waals surface area contributed by atoms with Gasteiger partial charge in [-0.15, -0.1) is 0 Å². The average molecular weight is 294 g/mol. The molecule has 1 aliphatic carbocycles. The summed E-state index contributed by atoms with van der Waals surface area (Å²) in [7, 11) is 0. The van der Waals surface area contributed by atoms with Gasteiger partial charge in [-0.1, -0.05) is 33.6 Å². The number of morpholine rings is 1. The van der Waals surface area contributed by atoms with E-state index in [1.165, 1.54) is 45.1 Å². The van der Waals surface area contributed by atoms with Gasteiger partial charge in [0.05, 0.1) is 12.7 Å². The smallest absolute Gasteiger partial charge is 0.0827 e. The van der Waals surface area contributed by atoms with Crippen LogP contribution in [0.2, 0.25) is 0 Å². The second-order valence-corrected chi connectivity index (χ2v) is 8.52. The quantitative estimate of drug-likeness (QED) is 0.866. The fourth-order valence-corrected chi connectivity index (χ4v) is 4.70. The lowest BCUT2D eigenvalue weighted by molar-refractivity contribution is -0.0499. The van der Waals surface area contributed by atoms with Crippen LogP contribution in [0.5, 0.6) is 0 Å². The number of hydrogen-bond acceptors (Lipinski definition) is 3. The Labute approximate surface area is 130 Å². The first-order chi connectivity index (χ1) is 10.0. The molecule has 2 aliphatic heterocycles. The van der Waals surface area contributed by atoms with Crippen molar-refractivity contribution < 1.29 is 4.74 Å². The number of nitrogens with one attached hydrogen (secondary N) is 1. The summed E-state index contributed by atoms with van der Waals surface area (Å²) < 4.78 is 6.10. The topological polar surface area (TPSA) is 24.5 Å². The highest BCUT2D eigenvalue weighted by molar-refractivity contribution is 4.90. The van der Waals surface area contributed by atoms with Gasteiger partial charge < -0.3 is 10.1 Å². The largest absolute Gasteiger partial charge is 0.374 e. The van der Waals surface area contributed by atoms with Crippen molar-refractivity contribution in [1.82, 2.24) is 10.2 Å². The van der Waals surface area contributed by atoms with Gasteiger partial charge >= 0.3 is 0 Å². The summed E-state index contributed by atoms with van der Waals surface area (Å²) in [5.74, 6) is 0.814. The van der Waals surface area contributed by atoms with Crippen molar-refractivity contribution in [2.45, 2.75) is 77.5 Å². The number of fused-ring (bicyclic) bond motifs is 1. The molecule has 2 heterocycles. The SMILES string of the molecule is CC(C)(C)C1CCCCC1NCC1CN2CCCC2CO1. The zero-order chi connectivity index (χ0) is 14.9. The number of nitrogens with zero attached hydrogens (tertiary/aromatic N) is 1. The van der Waals surface area contributed by atoms with Crippen LogP contribution in [0, 0.1) is 11.3 Å². The van der Waals surface area contributed by atoms with Gasteiger partial charge in [0, 0.05) is 25.2 Å². The van der Waals surface area contributed by atoms with Gasteiger partial charge in [0.25, 0.3) is 0 Å². The van der Waals surface area contributed by atoms with E-state index in [-0.39, 0.29) is 0 Å². The molecule has 3 rings (SSSR count). The van der Waals surface area contributed by atoms with Crippen molar-refractivity contribution in [3.05, 3.63) is 0 Å². The third kappa shape index (κ3) is 3.80. The van der Waals surface area contributed by atoms with Crippen molar-refractivity contribution in [1.29, 1.82) is 0 Å². The Kier molecular flexibility index (Phi) is 4.92. The van der Waals surface area contributed by atoms with Crippen molar-refractivity contribution >= 4 is 0 Å². The van der Waals surface area contributed by atoms with Gasteiger partial charge in [0.1, 0.15) is 0 Å². The first-order valence-electron chi connectivity index (χ1n) is 9.13. The minimum Gasteiger partial charge on any atom is -0.374 e. The van der Waals surface area contributed by atoms with Crippen LogP contribution >= 0.6 is 0 Å². The Morgan fingerprint density at radius 2 is 1.90 bits per heavy atom. The average Bonchev–Trinajstić information content (AvgIpc) is 2.92. The van der Waals surface area contributed by atoms with Crippen LogP contribution in [0.15, 0.2) is 0 Å². The van der Waals surface area contributed by atoms with Gasteiger partial charge in [0.15, 0.2) is 0 Å². The van der Waals surface area contributed by atoms with Gasteiger partial charge in [-0.3, -0.25) is 4.90 Å². The molecule has 1 N–H and O–H groups in total. The fourth-order valence-electron chi connectivity index (χ4n) is 4.70. The zero-order valence-corrected chi connectivity index (χ0v) is 14.2. The van der Waals surface area contributed by atoms with E-state index in [9.17, 15) is 0 Å². The Hall–Kier alpha value is -0.120. The molecule has 0 radical (unpaired) electrons. The van der Waals surface area contributed by atoms with Crippen LogP contribution < -0.4 is 5.32 Å². The minimum absolute atomic E-state index is 0.405. The van der Waals surface area contributed by atoms with Gasteiger partial charge in [0.2, 0.25) is 0 Å². The maximum Gasteiger partial charge on any atom is 0.0827 e. The molecule has 4 unspecified atom stereocenters. The lowest BCUT2D eigenvalue weighted by atomic mass is 9.69. The molecule has 0 aromatic heterocycles. The van der Waals surface area contributed by atoms with Gasteiger partial charge in [-0.05, 0) is 43.6 Å². The van der Waals surface area contributed by atoms with Crippen LogP contribution in [0.3, 0.4) is 0 Å². The lowest BCUT2D eigenvalue weighted by Gasteiger charge is -2.42. The third-order valence-electron chi connectivity index (χ3n) is 5.95. The molecule has 0 aromatic carbocycles. The molecule has 0 amide bonds. The Morgan fingerprint density at radius 1 is 1.10 bits per heavy atom. The highest BCUT2D eigenvalue weighted by Crippen LogP contribution is 2.38. The summed E-state index contributed by atoms with van der Waals surface area (Å²) in [5, 5.41) is 3.88. The molecule has 122 valence electrons. The molecule has 0 aromatic rings. The summed E-state index contributed by atoms with van der Waals surface area (Å²) in [4.78, 5) is 2.65. The van der Waals surface area contributed by atoms with E-state index < -0.39 is 0 Å². The number of ether oxygens (including phenoxy) is 1. The molecule has 4 atom stereocenters. The molecular formula is C18H34N2O. The van der Waals surface area contributed by atoms with Crippen LogP contribution in [-0.2, 0) is 4.74 Å². The number of rotatable bonds is 3. The van der Waals surface area contributed by atoms with E-state index in [1.54, 1.807) is 0 Å². The van der Waals surface area contributed by atoms with Crippen molar-refractivity contribution in [3.8, 4) is 0 Å². The molecule has 2 saturated heterocycles. The highest BCUT2D eigenvalue weighted by atomic mass is 16.5. The summed E-state index contributed by atoms with van der Waals surface area (Å²) in [5.41, 5.74) is 0.422. The highest BCUT2D eigenvalue weighted by Gasteiger charge is 2.36. The molecule has 3 heteroatoms. The fraction of sp³-hybridized carbons (Fsp3) is 1.00.